The molecule has 4 heteroatoms. The standard InChI is InChI=1S/C22H23NO3/c1-24-20-8-7-17(19-14-22(26-23-19)9-4-10-22)13-21(20)25-18-11-15-5-2-3-6-16(15)12-18/h2-3,5-8,13,18H,4,9-12,14H2,1H3. The maximum absolute atomic E-state index is 6.35. The van der Waals surface area contributed by atoms with Crippen LogP contribution in [0.1, 0.15) is 42.4 Å². The van der Waals surface area contributed by atoms with Crippen LogP contribution in [0, 0.1) is 0 Å². The number of rotatable bonds is 4. The maximum Gasteiger partial charge on any atom is 0.162 e. The van der Waals surface area contributed by atoms with Gasteiger partial charge in [0.05, 0.1) is 12.8 Å². The number of benzene rings is 2. The van der Waals surface area contributed by atoms with E-state index in [4.69, 9.17) is 14.3 Å². The Morgan fingerprint density at radius 1 is 1.04 bits per heavy atom. The molecule has 0 aromatic heterocycles. The fourth-order valence-corrected chi connectivity index (χ4v) is 4.25. The van der Waals surface area contributed by atoms with Crippen LogP contribution in [0.5, 0.6) is 11.5 Å². The summed E-state index contributed by atoms with van der Waals surface area (Å²) in [6.07, 6.45) is 6.39. The van der Waals surface area contributed by atoms with Crippen LogP contribution in [0.15, 0.2) is 47.6 Å². The topological polar surface area (TPSA) is 40.0 Å². The fourth-order valence-electron chi connectivity index (χ4n) is 4.25. The van der Waals surface area contributed by atoms with Gasteiger partial charge in [0, 0.05) is 24.8 Å². The van der Waals surface area contributed by atoms with Crippen molar-refractivity contribution in [3.63, 3.8) is 0 Å². The molecule has 1 fully saturated rings. The highest BCUT2D eigenvalue weighted by Crippen LogP contribution is 2.44. The smallest absolute Gasteiger partial charge is 0.162 e. The third-order valence-electron chi connectivity index (χ3n) is 5.91. The monoisotopic (exact) mass is 349 g/mol. The van der Waals surface area contributed by atoms with Gasteiger partial charge in [0.25, 0.3) is 0 Å². The Morgan fingerprint density at radius 2 is 1.81 bits per heavy atom. The predicted molar refractivity (Wildman–Crippen MR) is 100 cm³/mol. The summed E-state index contributed by atoms with van der Waals surface area (Å²) in [5, 5.41) is 4.36. The van der Waals surface area contributed by atoms with E-state index in [1.165, 1.54) is 17.5 Å². The van der Waals surface area contributed by atoms with Crippen molar-refractivity contribution in [1.29, 1.82) is 0 Å². The molecule has 0 radical (unpaired) electrons. The Labute approximate surface area is 153 Å². The first-order valence-electron chi connectivity index (χ1n) is 9.42. The van der Waals surface area contributed by atoms with E-state index in [2.05, 4.69) is 41.6 Å². The highest BCUT2D eigenvalue weighted by atomic mass is 16.7. The second-order valence-electron chi connectivity index (χ2n) is 7.63. The number of methoxy groups -OCH3 is 1. The zero-order chi connectivity index (χ0) is 17.6. The summed E-state index contributed by atoms with van der Waals surface area (Å²) in [4.78, 5) is 5.73. The van der Waals surface area contributed by atoms with E-state index < -0.39 is 0 Å². The van der Waals surface area contributed by atoms with Crippen molar-refractivity contribution in [3.8, 4) is 11.5 Å². The normalized spacial score (nSPS) is 20.3. The van der Waals surface area contributed by atoms with Crippen LogP contribution in [0.25, 0.3) is 0 Å². The number of oxime groups is 1. The lowest BCUT2D eigenvalue weighted by Crippen LogP contribution is -2.36. The average Bonchev–Trinajstić information content (AvgIpc) is 3.25. The van der Waals surface area contributed by atoms with E-state index in [1.54, 1.807) is 7.11 Å². The second kappa shape index (κ2) is 6.04. The second-order valence-corrected chi connectivity index (χ2v) is 7.63. The van der Waals surface area contributed by atoms with Crippen LogP contribution >= 0.6 is 0 Å². The van der Waals surface area contributed by atoms with Crippen LogP contribution in [0.2, 0.25) is 0 Å². The quantitative estimate of drug-likeness (QED) is 0.827. The molecule has 0 N–H and O–H groups in total. The molecule has 2 aromatic rings. The van der Waals surface area contributed by atoms with Gasteiger partial charge in [-0.1, -0.05) is 29.4 Å². The van der Waals surface area contributed by atoms with E-state index >= 15 is 0 Å². The molecule has 134 valence electrons. The average molecular weight is 349 g/mol. The Balaban J connectivity index is 1.36. The van der Waals surface area contributed by atoms with Crippen molar-refractivity contribution in [3.05, 3.63) is 59.2 Å². The zero-order valence-electron chi connectivity index (χ0n) is 15.0. The first-order chi connectivity index (χ1) is 12.7. The third-order valence-corrected chi connectivity index (χ3v) is 5.91. The highest BCUT2D eigenvalue weighted by Gasteiger charge is 2.44. The van der Waals surface area contributed by atoms with Crippen LogP contribution in [-0.4, -0.2) is 24.5 Å². The van der Waals surface area contributed by atoms with E-state index in [-0.39, 0.29) is 11.7 Å². The summed E-state index contributed by atoms with van der Waals surface area (Å²) in [6.45, 7) is 0. The first kappa shape index (κ1) is 15.7. The minimum Gasteiger partial charge on any atom is -0.493 e. The maximum atomic E-state index is 6.35. The summed E-state index contributed by atoms with van der Waals surface area (Å²) in [5.74, 6) is 1.56. The van der Waals surface area contributed by atoms with Gasteiger partial charge in [-0.25, -0.2) is 0 Å². The van der Waals surface area contributed by atoms with Crippen molar-refractivity contribution in [1.82, 2.24) is 0 Å². The molecule has 0 atom stereocenters. The Kier molecular flexibility index (Phi) is 3.66. The summed E-state index contributed by atoms with van der Waals surface area (Å²) in [6, 6.07) is 14.6. The van der Waals surface area contributed by atoms with Gasteiger partial charge in [0.15, 0.2) is 11.5 Å². The molecular weight excluding hydrogens is 326 g/mol. The molecule has 1 spiro atoms. The minimum atomic E-state index is -0.0244. The molecule has 0 bridgehead atoms. The summed E-state index contributed by atoms with van der Waals surface area (Å²) < 4.78 is 11.9. The lowest BCUT2D eigenvalue weighted by Gasteiger charge is -2.34. The van der Waals surface area contributed by atoms with Gasteiger partial charge in [0.1, 0.15) is 11.7 Å². The van der Waals surface area contributed by atoms with Crippen molar-refractivity contribution in [2.24, 2.45) is 5.16 Å². The van der Waals surface area contributed by atoms with Crippen molar-refractivity contribution in [2.45, 2.75) is 50.2 Å². The van der Waals surface area contributed by atoms with Gasteiger partial charge in [-0.2, -0.15) is 0 Å². The molecule has 1 aliphatic heterocycles. The molecule has 5 rings (SSSR count). The SMILES string of the molecule is COc1ccc(C2=NOC3(CCC3)C2)cc1OC1Cc2ccccc2C1. The minimum absolute atomic E-state index is 0.0244. The number of nitrogens with zero attached hydrogens (tertiary/aromatic N) is 1. The number of hydrogen-bond donors (Lipinski definition) is 0. The summed E-state index contributed by atoms with van der Waals surface area (Å²) in [5.41, 5.74) is 4.83. The van der Waals surface area contributed by atoms with Gasteiger partial charge in [-0.05, 0) is 48.6 Å². The zero-order valence-corrected chi connectivity index (χ0v) is 15.0. The number of hydrogen-bond acceptors (Lipinski definition) is 4. The Hall–Kier alpha value is -2.49. The molecule has 2 aromatic carbocycles. The molecule has 3 aliphatic rings. The van der Waals surface area contributed by atoms with Crippen molar-refractivity contribution in [2.75, 3.05) is 7.11 Å². The van der Waals surface area contributed by atoms with Crippen LogP contribution in [0.4, 0.5) is 0 Å². The highest BCUT2D eigenvalue weighted by molar-refractivity contribution is 6.02. The van der Waals surface area contributed by atoms with E-state index in [1.807, 2.05) is 6.07 Å². The molecule has 26 heavy (non-hydrogen) atoms. The molecular formula is C22H23NO3. The lowest BCUT2D eigenvalue weighted by atomic mass is 9.76. The lowest BCUT2D eigenvalue weighted by molar-refractivity contribution is -0.0755. The van der Waals surface area contributed by atoms with Crippen LogP contribution in [-0.2, 0) is 17.7 Å². The van der Waals surface area contributed by atoms with Gasteiger partial charge in [-0.3, -0.25) is 0 Å². The molecule has 0 unspecified atom stereocenters. The molecule has 1 heterocycles. The Bertz CT molecular complexity index is 844. The third kappa shape index (κ3) is 2.64. The molecule has 0 saturated heterocycles. The fraction of sp³-hybridized carbons (Fsp3) is 0.409. The van der Waals surface area contributed by atoms with Crippen molar-refractivity contribution < 1.29 is 14.3 Å². The van der Waals surface area contributed by atoms with E-state index in [0.29, 0.717) is 0 Å². The summed E-state index contributed by atoms with van der Waals surface area (Å²) in [7, 11) is 1.69. The largest absolute Gasteiger partial charge is 0.493 e. The van der Waals surface area contributed by atoms with E-state index in [9.17, 15) is 0 Å². The van der Waals surface area contributed by atoms with Crippen LogP contribution < -0.4 is 9.47 Å². The predicted octanol–water partition coefficient (Wildman–Crippen LogP) is 4.29. The van der Waals surface area contributed by atoms with E-state index in [0.717, 1.165) is 54.9 Å². The number of fused-ring (bicyclic) bond motifs is 1. The summed E-state index contributed by atoms with van der Waals surface area (Å²) >= 11 is 0. The van der Waals surface area contributed by atoms with Crippen molar-refractivity contribution >= 4 is 5.71 Å². The molecule has 4 nitrogen and oxygen atoms in total. The molecule has 1 saturated carbocycles. The Morgan fingerprint density at radius 3 is 2.42 bits per heavy atom. The molecule has 0 amide bonds. The number of ether oxygens (including phenoxy) is 2. The van der Waals surface area contributed by atoms with Gasteiger partial charge >= 0.3 is 0 Å². The van der Waals surface area contributed by atoms with Crippen LogP contribution in [0.3, 0.4) is 0 Å². The first-order valence-corrected chi connectivity index (χ1v) is 9.42. The van der Waals surface area contributed by atoms with Gasteiger partial charge in [0.2, 0.25) is 0 Å². The molecule has 2 aliphatic carbocycles. The van der Waals surface area contributed by atoms with Gasteiger partial charge in [-0.15, -0.1) is 0 Å². The van der Waals surface area contributed by atoms with Gasteiger partial charge < -0.3 is 14.3 Å².